The number of amides is 2. The molecular weight excluding hydrogens is 284 g/mol. The summed E-state index contributed by atoms with van der Waals surface area (Å²) in [5.41, 5.74) is 5.75. The highest BCUT2D eigenvalue weighted by atomic mass is 16.5. The number of likely N-dealkylation sites (tertiary alicyclic amines) is 1. The third-order valence-corrected chi connectivity index (χ3v) is 3.96. The van der Waals surface area contributed by atoms with Crippen molar-refractivity contribution in [1.82, 2.24) is 4.90 Å². The van der Waals surface area contributed by atoms with Gasteiger partial charge in [0.05, 0.1) is 19.8 Å². The van der Waals surface area contributed by atoms with Gasteiger partial charge in [-0.3, -0.25) is 9.59 Å². The molecule has 120 valence electrons. The number of ether oxygens (including phenoxy) is 2. The first-order valence-corrected chi connectivity index (χ1v) is 7.38. The van der Waals surface area contributed by atoms with Crippen molar-refractivity contribution >= 4 is 11.8 Å². The van der Waals surface area contributed by atoms with Crippen LogP contribution in [0.3, 0.4) is 0 Å². The molecule has 1 aromatic rings. The highest BCUT2D eigenvalue weighted by molar-refractivity contribution is 5.98. The average molecular weight is 306 g/mol. The molecule has 6 heteroatoms. The van der Waals surface area contributed by atoms with Crippen LogP contribution >= 0.6 is 0 Å². The van der Waals surface area contributed by atoms with Gasteiger partial charge >= 0.3 is 0 Å². The van der Waals surface area contributed by atoms with Gasteiger partial charge < -0.3 is 20.1 Å². The van der Waals surface area contributed by atoms with Crippen molar-refractivity contribution in [3.8, 4) is 11.5 Å². The molecule has 1 unspecified atom stereocenters. The minimum Gasteiger partial charge on any atom is -0.493 e. The van der Waals surface area contributed by atoms with Crippen LogP contribution in [0.5, 0.6) is 11.5 Å². The summed E-state index contributed by atoms with van der Waals surface area (Å²) in [6, 6.07) is 5.06. The normalized spacial score (nSPS) is 17.9. The Morgan fingerprint density at radius 3 is 2.68 bits per heavy atom. The number of carbonyl (C=O) groups is 2. The summed E-state index contributed by atoms with van der Waals surface area (Å²) in [5, 5.41) is 0. The van der Waals surface area contributed by atoms with Crippen molar-refractivity contribution < 1.29 is 19.1 Å². The number of piperidine rings is 1. The van der Waals surface area contributed by atoms with E-state index in [4.69, 9.17) is 15.2 Å². The standard InChI is InChI=1S/C16H22N2O4/c1-21-13-8-5-7-12(15(13)22-2)16(20)18-9-4-3-6-11(18)10-14(17)19/h5,7-8,11H,3-4,6,9-10H2,1-2H3,(H2,17,19). The second-order valence-electron chi connectivity index (χ2n) is 5.36. The van der Waals surface area contributed by atoms with Crippen molar-refractivity contribution in [1.29, 1.82) is 0 Å². The molecule has 0 radical (unpaired) electrons. The Bertz CT molecular complexity index is 559. The van der Waals surface area contributed by atoms with Crippen molar-refractivity contribution in [3.05, 3.63) is 23.8 Å². The third kappa shape index (κ3) is 3.32. The Kier molecular flexibility index (Phi) is 5.25. The monoisotopic (exact) mass is 306 g/mol. The van der Waals surface area contributed by atoms with Gasteiger partial charge in [-0.2, -0.15) is 0 Å². The molecule has 0 aromatic heterocycles. The summed E-state index contributed by atoms with van der Waals surface area (Å²) in [4.78, 5) is 25.8. The molecule has 1 atom stereocenters. The van der Waals surface area contributed by atoms with Crippen LogP contribution < -0.4 is 15.2 Å². The zero-order valence-electron chi connectivity index (χ0n) is 13.0. The second-order valence-corrected chi connectivity index (χ2v) is 5.36. The SMILES string of the molecule is COc1cccc(C(=O)N2CCCCC2CC(N)=O)c1OC. The van der Waals surface area contributed by atoms with Crippen LogP contribution in [-0.2, 0) is 4.79 Å². The van der Waals surface area contributed by atoms with Crippen molar-refractivity contribution in [2.24, 2.45) is 5.73 Å². The Morgan fingerprint density at radius 1 is 1.27 bits per heavy atom. The number of nitrogens with zero attached hydrogens (tertiary/aromatic N) is 1. The predicted molar refractivity (Wildman–Crippen MR) is 82.0 cm³/mol. The van der Waals surface area contributed by atoms with E-state index in [0.717, 1.165) is 19.3 Å². The van der Waals surface area contributed by atoms with E-state index in [1.165, 1.54) is 14.2 Å². The molecule has 6 nitrogen and oxygen atoms in total. The van der Waals surface area contributed by atoms with Crippen LogP contribution in [0, 0.1) is 0 Å². The average Bonchev–Trinajstić information content (AvgIpc) is 2.53. The van der Waals surface area contributed by atoms with Crippen LogP contribution in [0.25, 0.3) is 0 Å². The number of para-hydroxylation sites is 1. The summed E-state index contributed by atoms with van der Waals surface area (Å²) in [6.07, 6.45) is 2.91. The fourth-order valence-corrected chi connectivity index (χ4v) is 2.92. The van der Waals surface area contributed by atoms with Gasteiger partial charge in [0.25, 0.3) is 5.91 Å². The lowest BCUT2D eigenvalue weighted by Gasteiger charge is -2.35. The molecule has 1 saturated heterocycles. The van der Waals surface area contributed by atoms with Gasteiger partial charge in [0.2, 0.25) is 5.91 Å². The lowest BCUT2D eigenvalue weighted by molar-refractivity contribution is -0.119. The van der Waals surface area contributed by atoms with Crippen LogP contribution in [0.15, 0.2) is 18.2 Å². The maximum atomic E-state index is 12.9. The summed E-state index contributed by atoms with van der Waals surface area (Å²) in [5.74, 6) is 0.388. The Labute approximate surface area is 130 Å². The molecule has 0 aliphatic carbocycles. The highest BCUT2D eigenvalue weighted by Gasteiger charge is 2.30. The first-order valence-electron chi connectivity index (χ1n) is 7.38. The van der Waals surface area contributed by atoms with Gasteiger partial charge in [-0.15, -0.1) is 0 Å². The molecule has 1 fully saturated rings. The lowest BCUT2D eigenvalue weighted by atomic mass is 9.97. The van der Waals surface area contributed by atoms with Crippen LogP contribution in [0.1, 0.15) is 36.0 Å². The first-order chi connectivity index (χ1) is 10.6. The molecule has 0 spiro atoms. The number of methoxy groups -OCH3 is 2. The number of carbonyl (C=O) groups excluding carboxylic acids is 2. The molecular formula is C16H22N2O4. The van der Waals surface area contributed by atoms with E-state index in [-0.39, 0.29) is 24.3 Å². The van der Waals surface area contributed by atoms with Gasteiger partial charge in [0.15, 0.2) is 11.5 Å². The first kappa shape index (κ1) is 16.1. The third-order valence-electron chi connectivity index (χ3n) is 3.96. The van der Waals surface area contributed by atoms with Crippen LogP contribution in [-0.4, -0.2) is 43.5 Å². The Balaban J connectivity index is 2.31. The summed E-state index contributed by atoms with van der Waals surface area (Å²) >= 11 is 0. The zero-order valence-corrected chi connectivity index (χ0v) is 13.0. The minimum atomic E-state index is -0.387. The number of hydrogen-bond donors (Lipinski definition) is 1. The predicted octanol–water partition coefficient (Wildman–Crippen LogP) is 1.57. The van der Waals surface area contributed by atoms with Gasteiger partial charge in [-0.05, 0) is 31.4 Å². The minimum absolute atomic E-state index is 0.144. The number of benzene rings is 1. The number of primary amides is 1. The van der Waals surface area contributed by atoms with Gasteiger partial charge in [-0.25, -0.2) is 0 Å². The van der Waals surface area contributed by atoms with Gasteiger partial charge in [0, 0.05) is 19.0 Å². The molecule has 22 heavy (non-hydrogen) atoms. The zero-order chi connectivity index (χ0) is 16.1. The molecule has 2 rings (SSSR count). The Hall–Kier alpha value is -2.24. The molecule has 1 aliphatic rings. The number of rotatable bonds is 5. The second kappa shape index (κ2) is 7.15. The summed E-state index contributed by atoms with van der Waals surface area (Å²) in [6.45, 7) is 0.622. The van der Waals surface area contributed by atoms with E-state index in [9.17, 15) is 9.59 Å². The topological polar surface area (TPSA) is 81.9 Å². The van der Waals surface area contributed by atoms with E-state index in [2.05, 4.69) is 0 Å². The Morgan fingerprint density at radius 2 is 2.05 bits per heavy atom. The molecule has 0 saturated carbocycles. The van der Waals surface area contributed by atoms with E-state index in [0.29, 0.717) is 23.6 Å². The molecule has 1 aliphatic heterocycles. The maximum Gasteiger partial charge on any atom is 0.258 e. The number of nitrogens with two attached hydrogens (primary N) is 1. The molecule has 2 N–H and O–H groups in total. The van der Waals surface area contributed by atoms with E-state index in [1.807, 2.05) is 0 Å². The van der Waals surface area contributed by atoms with Crippen molar-refractivity contribution in [3.63, 3.8) is 0 Å². The molecule has 2 amide bonds. The number of hydrogen-bond acceptors (Lipinski definition) is 4. The fourth-order valence-electron chi connectivity index (χ4n) is 2.92. The highest BCUT2D eigenvalue weighted by Crippen LogP contribution is 2.33. The van der Waals surface area contributed by atoms with E-state index >= 15 is 0 Å². The van der Waals surface area contributed by atoms with Crippen molar-refractivity contribution in [2.75, 3.05) is 20.8 Å². The molecule has 1 aromatic carbocycles. The molecule has 1 heterocycles. The van der Waals surface area contributed by atoms with Crippen molar-refractivity contribution in [2.45, 2.75) is 31.7 Å². The largest absolute Gasteiger partial charge is 0.493 e. The summed E-state index contributed by atoms with van der Waals surface area (Å²) < 4.78 is 10.6. The van der Waals surface area contributed by atoms with Crippen LogP contribution in [0.4, 0.5) is 0 Å². The van der Waals surface area contributed by atoms with Gasteiger partial charge in [0.1, 0.15) is 0 Å². The fraction of sp³-hybridized carbons (Fsp3) is 0.500. The maximum absolute atomic E-state index is 12.9. The lowest BCUT2D eigenvalue weighted by Crippen LogP contribution is -2.45. The van der Waals surface area contributed by atoms with Crippen LogP contribution in [0.2, 0.25) is 0 Å². The van der Waals surface area contributed by atoms with E-state index < -0.39 is 0 Å². The summed E-state index contributed by atoms with van der Waals surface area (Å²) in [7, 11) is 3.04. The smallest absolute Gasteiger partial charge is 0.258 e. The van der Waals surface area contributed by atoms with Gasteiger partial charge in [-0.1, -0.05) is 6.07 Å². The van der Waals surface area contributed by atoms with E-state index in [1.54, 1.807) is 23.1 Å². The quantitative estimate of drug-likeness (QED) is 0.895. The molecule has 0 bridgehead atoms.